The molecule has 6 heteroatoms. The topological polar surface area (TPSA) is 86.9 Å². The lowest BCUT2D eigenvalue weighted by atomic mass is 10.0. The SMILES string of the molecule is O=C(NC(Cc1c[nH]c2ccccc12)C(=O)Nc1ccncc1)c1ccccc1. The number of para-hydroxylation sites is 1. The Labute approximate surface area is 168 Å². The molecule has 1 atom stereocenters. The van der Waals surface area contributed by atoms with Crippen LogP contribution in [0.5, 0.6) is 0 Å². The first kappa shape index (κ1) is 18.4. The van der Waals surface area contributed by atoms with Gasteiger partial charge in [0, 0.05) is 47.2 Å². The third kappa shape index (κ3) is 4.32. The van der Waals surface area contributed by atoms with Crippen LogP contribution in [0.3, 0.4) is 0 Å². The van der Waals surface area contributed by atoms with Gasteiger partial charge < -0.3 is 15.6 Å². The molecule has 1 unspecified atom stereocenters. The maximum absolute atomic E-state index is 13.0. The van der Waals surface area contributed by atoms with Crippen LogP contribution >= 0.6 is 0 Å². The standard InChI is InChI=1S/C23H20N4O2/c28-22(16-6-2-1-3-7-16)27-21(23(29)26-18-10-12-24-13-11-18)14-17-15-25-20-9-5-4-8-19(17)20/h1-13,15,21,25H,14H2,(H,27,28)(H,24,26,29). The molecule has 0 radical (unpaired) electrons. The van der Waals surface area contributed by atoms with Crippen LogP contribution in [0.2, 0.25) is 0 Å². The highest BCUT2D eigenvalue weighted by Gasteiger charge is 2.23. The molecule has 0 aliphatic carbocycles. The van der Waals surface area contributed by atoms with Gasteiger partial charge >= 0.3 is 0 Å². The molecule has 0 aliphatic heterocycles. The van der Waals surface area contributed by atoms with Crippen molar-refractivity contribution in [2.24, 2.45) is 0 Å². The molecule has 0 fully saturated rings. The number of pyridine rings is 1. The summed E-state index contributed by atoms with van der Waals surface area (Å²) < 4.78 is 0. The first-order chi connectivity index (χ1) is 14.2. The number of amides is 2. The van der Waals surface area contributed by atoms with E-state index in [-0.39, 0.29) is 11.8 Å². The highest BCUT2D eigenvalue weighted by Crippen LogP contribution is 2.20. The van der Waals surface area contributed by atoms with Gasteiger partial charge in [0.25, 0.3) is 5.91 Å². The molecule has 0 saturated heterocycles. The largest absolute Gasteiger partial charge is 0.361 e. The van der Waals surface area contributed by atoms with E-state index in [1.807, 2.05) is 36.5 Å². The third-order valence-corrected chi connectivity index (χ3v) is 4.70. The van der Waals surface area contributed by atoms with Crippen molar-refractivity contribution in [2.45, 2.75) is 12.5 Å². The summed E-state index contributed by atoms with van der Waals surface area (Å²) in [6, 6.07) is 19.4. The van der Waals surface area contributed by atoms with Crippen molar-refractivity contribution in [2.75, 3.05) is 5.32 Å². The van der Waals surface area contributed by atoms with Crippen molar-refractivity contribution in [3.8, 4) is 0 Å². The molecule has 29 heavy (non-hydrogen) atoms. The molecule has 0 saturated carbocycles. The fraction of sp³-hybridized carbons (Fsp3) is 0.0870. The third-order valence-electron chi connectivity index (χ3n) is 4.70. The smallest absolute Gasteiger partial charge is 0.251 e. The second-order valence-corrected chi connectivity index (χ2v) is 6.68. The van der Waals surface area contributed by atoms with E-state index in [2.05, 4.69) is 20.6 Å². The van der Waals surface area contributed by atoms with Crippen LogP contribution in [0.15, 0.2) is 85.3 Å². The quantitative estimate of drug-likeness (QED) is 0.475. The molecule has 2 amide bonds. The Morgan fingerprint density at radius 2 is 1.66 bits per heavy atom. The van der Waals surface area contributed by atoms with E-state index in [9.17, 15) is 9.59 Å². The van der Waals surface area contributed by atoms with Crippen LogP contribution in [0.4, 0.5) is 5.69 Å². The lowest BCUT2D eigenvalue weighted by Gasteiger charge is -2.18. The monoisotopic (exact) mass is 384 g/mol. The maximum atomic E-state index is 13.0. The highest BCUT2D eigenvalue weighted by atomic mass is 16.2. The zero-order chi connectivity index (χ0) is 20.1. The number of carbonyl (C=O) groups excluding carboxylic acids is 2. The molecule has 0 spiro atoms. The number of anilines is 1. The number of fused-ring (bicyclic) bond motifs is 1. The molecule has 144 valence electrons. The molecule has 2 aromatic heterocycles. The first-order valence-corrected chi connectivity index (χ1v) is 9.32. The van der Waals surface area contributed by atoms with Gasteiger partial charge in [-0.1, -0.05) is 36.4 Å². The summed E-state index contributed by atoms with van der Waals surface area (Å²) in [4.78, 5) is 32.9. The van der Waals surface area contributed by atoms with Gasteiger partial charge in [0.2, 0.25) is 5.91 Å². The number of hydrogen-bond donors (Lipinski definition) is 3. The lowest BCUT2D eigenvalue weighted by molar-refractivity contribution is -0.118. The van der Waals surface area contributed by atoms with Crippen molar-refractivity contribution >= 4 is 28.4 Å². The van der Waals surface area contributed by atoms with Gasteiger partial charge in [-0.25, -0.2) is 0 Å². The Morgan fingerprint density at radius 3 is 2.45 bits per heavy atom. The number of nitrogens with zero attached hydrogens (tertiary/aromatic N) is 1. The van der Waals surface area contributed by atoms with Crippen LogP contribution in [0.25, 0.3) is 10.9 Å². The Morgan fingerprint density at radius 1 is 0.931 bits per heavy atom. The fourth-order valence-electron chi connectivity index (χ4n) is 3.23. The average Bonchev–Trinajstić information content (AvgIpc) is 3.17. The predicted molar refractivity (Wildman–Crippen MR) is 113 cm³/mol. The predicted octanol–water partition coefficient (Wildman–Crippen LogP) is 3.54. The number of H-pyrrole nitrogens is 1. The number of rotatable bonds is 6. The Hall–Kier alpha value is -3.93. The van der Waals surface area contributed by atoms with Gasteiger partial charge in [-0.2, -0.15) is 0 Å². The molecule has 2 heterocycles. The number of nitrogens with one attached hydrogen (secondary N) is 3. The first-order valence-electron chi connectivity index (χ1n) is 9.32. The molecule has 0 aliphatic rings. The minimum Gasteiger partial charge on any atom is -0.361 e. The summed E-state index contributed by atoms with van der Waals surface area (Å²) in [5.41, 5.74) is 3.09. The molecule has 6 nitrogen and oxygen atoms in total. The van der Waals surface area contributed by atoms with E-state index in [0.29, 0.717) is 17.7 Å². The van der Waals surface area contributed by atoms with Crippen molar-refractivity contribution < 1.29 is 9.59 Å². The number of benzene rings is 2. The molecular weight excluding hydrogens is 364 g/mol. The van der Waals surface area contributed by atoms with E-state index in [1.165, 1.54) is 0 Å². The number of aromatic amines is 1. The van der Waals surface area contributed by atoms with Crippen LogP contribution in [0, 0.1) is 0 Å². The summed E-state index contributed by atoms with van der Waals surface area (Å²) in [6.07, 6.45) is 5.45. The van der Waals surface area contributed by atoms with Crippen molar-refractivity contribution in [1.29, 1.82) is 0 Å². The Bertz CT molecular complexity index is 1120. The minimum atomic E-state index is -0.741. The van der Waals surface area contributed by atoms with E-state index in [1.54, 1.807) is 48.8 Å². The highest BCUT2D eigenvalue weighted by molar-refractivity contribution is 6.01. The fourth-order valence-corrected chi connectivity index (χ4v) is 3.23. The second kappa shape index (κ2) is 8.39. The van der Waals surface area contributed by atoms with Crippen molar-refractivity contribution in [3.05, 3.63) is 96.4 Å². The van der Waals surface area contributed by atoms with Gasteiger partial charge in [0.05, 0.1) is 0 Å². The van der Waals surface area contributed by atoms with E-state index >= 15 is 0 Å². The van der Waals surface area contributed by atoms with E-state index in [0.717, 1.165) is 16.5 Å². The van der Waals surface area contributed by atoms with Crippen LogP contribution in [-0.4, -0.2) is 27.8 Å². The van der Waals surface area contributed by atoms with Gasteiger partial charge in [-0.15, -0.1) is 0 Å². The molecule has 3 N–H and O–H groups in total. The second-order valence-electron chi connectivity index (χ2n) is 6.68. The molecule has 2 aromatic carbocycles. The zero-order valence-corrected chi connectivity index (χ0v) is 15.6. The van der Waals surface area contributed by atoms with E-state index < -0.39 is 6.04 Å². The molecule has 4 rings (SSSR count). The number of hydrogen-bond acceptors (Lipinski definition) is 3. The molecule has 4 aromatic rings. The Balaban J connectivity index is 1.59. The summed E-state index contributed by atoms with van der Waals surface area (Å²) in [7, 11) is 0. The summed E-state index contributed by atoms with van der Waals surface area (Å²) >= 11 is 0. The molecule has 0 bridgehead atoms. The van der Waals surface area contributed by atoms with Gasteiger partial charge in [-0.05, 0) is 35.9 Å². The summed E-state index contributed by atoms with van der Waals surface area (Å²) in [5.74, 6) is -0.578. The van der Waals surface area contributed by atoms with Crippen molar-refractivity contribution in [1.82, 2.24) is 15.3 Å². The molecular formula is C23H20N4O2. The number of carbonyl (C=O) groups is 2. The van der Waals surface area contributed by atoms with Crippen LogP contribution < -0.4 is 10.6 Å². The average molecular weight is 384 g/mol. The van der Waals surface area contributed by atoms with E-state index in [4.69, 9.17) is 0 Å². The zero-order valence-electron chi connectivity index (χ0n) is 15.6. The normalized spacial score (nSPS) is 11.7. The van der Waals surface area contributed by atoms with Gasteiger partial charge in [0.1, 0.15) is 6.04 Å². The summed E-state index contributed by atoms with van der Waals surface area (Å²) in [6.45, 7) is 0. The van der Waals surface area contributed by atoms with Gasteiger partial charge in [0.15, 0.2) is 0 Å². The lowest BCUT2D eigenvalue weighted by Crippen LogP contribution is -2.45. The number of aromatic nitrogens is 2. The minimum absolute atomic E-state index is 0.286. The van der Waals surface area contributed by atoms with Crippen LogP contribution in [-0.2, 0) is 11.2 Å². The van der Waals surface area contributed by atoms with Gasteiger partial charge in [-0.3, -0.25) is 14.6 Å². The Kier molecular flexibility index (Phi) is 5.33. The van der Waals surface area contributed by atoms with Crippen LogP contribution in [0.1, 0.15) is 15.9 Å². The summed E-state index contributed by atoms with van der Waals surface area (Å²) in [5, 5.41) is 6.76. The van der Waals surface area contributed by atoms with Crippen molar-refractivity contribution in [3.63, 3.8) is 0 Å². The maximum Gasteiger partial charge on any atom is 0.251 e.